The van der Waals surface area contributed by atoms with Crippen molar-refractivity contribution in [2.45, 2.75) is 13.3 Å². The summed E-state index contributed by atoms with van der Waals surface area (Å²) in [6.45, 7) is 8.16. The van der Waals surface area contributed by atoms with Crippen LogP contribution in [-0.4, -0.2) is 71.6 Å². The maximum absolute atomic E-state index is 11.7. The minimum Gasteiger partial charge on any atom is -0.379 e. The van der Waals surface area contributed by atoms with E-state index in [-0.39, 0.29) is 5.75 Å². The molecule has 1 heterocycles. The summed E-state index contributed by atoms with van der Waals surface area (Å²) in [5.41, 5.74) is 0. The largest absolute Gasteiger partial charge is 0.379 e. The normalized spacial score (nSPS) is 18.1. The van der Waals surface area contributed by atoms with Crippen LogP contribution >= 0.6 is 0 Å². The van der Waals surface area contributed by atoms with Gasteiger partial charge in [0.05, 0.1) is 19.0 Å². The Kier molecular flexibility index (Phi) is 7.76. The molecule has 18 heavy (non-hydrogen) atoms. The van der Waals surface area contributed by atoms with Gasteiger partial charge in [0.25, 0.3) is 0 Å². The molecule has 0 atom stereocenters. The molecule has 0 spiro atoms. The molecule has 1 aliphatic heterocycles. The van der Waals surface area contributed by atoms with Crippen molar-refractivity contribution in [2.24, 2.45) is 0 Å². The fourth-order valence-corrected chi connectivity index (χ4v) is 2.89. The van der Waals surface area contributed by atoms with E-state index in [0.717, 1.165) is 45.9 Å². The van der Waals surface area contributed by atoms with Crippen LogP contribution in [0, 0.1) is 0 Å². The van der Waals surface area contributed by atoms with Crippen LogP contribution in [-0.2, 0) is 14.8 Å². The SMILES string of the molecule is CCNCCCS(=O)(=O)NCCN1CCOCC1. The second-order valence-electron chi connectivity index (χ2n) is 4.37. The first kappa shape index (κ1) is 15.8. The van der Waals surface area contributed by atoms with E-state index < -0.39 is 10.0 Å². The molecule has 0 aromatic rings. The molecule has 0 amide bonds. The molecule has 1 fully saturated rings. The molecule has 0 aliphatic carbocycles. The average Bonchev–Trinajstić information content (AvgIpc) is 2.36. The molecule has 7 heteroatoms. The van der Waals surface area contributed by atoms with Crippen molar-refractivity contribution in [3.63, 3.8) is 0 Å². The highest BCUT2D eigenvalue weighted by Crippen LogP contribution is 1.95. The second-order valence-corrected chi connectivity index (χ2v) is 6.30. The zero-order valence-corrected chi connectivity index (χ0v) is 12.0. The van der Waals surface area contributed by atoms with Gasteiger partial charge in [-0.15, -0.1) is 0 Å². The molecule has 0 saturated carbocycles. The van der Waals surface area contributed by atoms with Crippen LogP contribution in [0.2, 0.25) is 0 Å². The second kappa shape index (κ2) is 8.82. The summed E-state index contributed by atoms with van der Waals surface area (Å²) in [7, 11) is -3.11. The molecular formula is C11H25N3O3S. The molecule has 0 bridgehead atoms. The van der Waals surface area contributed by atoms with Gasteiger partial charge in [0.15, 0.2) is 0 Å². The topological polar surface area (TPSA) is 70.7 Å². The number of hydrogen-bond acceptors (Lipinski definition) is 5. The smallest absolute Gasteiger partial charge is 0.211 e. The third-order valence-electron chi connectivity index (χ3n) is 2.87. The van der Waals surface area contributed by atoms with Gasteiger partial charge in [-0.1, -0.05) is 6.92 Å². The van der Waals surface area contributed by atoms with Gasteiger partial charge >= 0.3 is 0 Å². The zero-order chi connectivity index (χ0) is 13.3. The van der Waals surface area contributed by atoms with Crippen molar-refractivity contribution >= 4 is 10.0 Å². The van der Waals surface area contributed by atoms with Gasteiger partial charge in [-0.25, -0.2) is 13.1 Å². The lowest BCUT2D eigenvalue weighted by molar-refractivity contribution is 0.0390. The Labute approximate surface area is 110 Å². The molecule has 2 N–H and O–H groups in total. The monoisotopic (exact) mass is 279 g/mol. The van der Waals surface area contributed by atoms with Crippen LogP contribution < -0.4 is 10.0 Å². The van der Waals surface area contributed by atoms with E-state index in [4.69, 9.17) is 4.74 Å². The number of nitrogens with zero attached hydrogens (tertiary/aromatic N) is 1. The van der Waals surface area contributed by atoms with E-state index in [0.29, 0.717) is 13.0 Å². The van der Waals surface area contributed by atoms with Crippen LogP contribution in [0.4, 0.5) is 0 Å². The Balaban J connectivity index is 2.08. The van der Waals surface area contributed by atoms with Crippen molar-refractivity contribution < 1.29 is 13.2 Å². The summed E-state index contributed by atoms with van der Waals surface area (Å²) in [4.78, 5) is 2.21. The van der Waals surface area contributed by atoms with Crippen LogP contribution in [0.25, 0.3) is 0 Å². The van der Waals surface area contributed by atoms with E-state index in [1.807, 2.05) is 6.92 Å². The van der Waals surface area contributed by atoms with Crippen LogP contribution in [0.1, 0.15) is 13.3 Å². The quantitative estimate of drug-likeness (QED) is 0.543. The number of ether oxygens (including phenoxy) is 1. The van der Waals surface area contributed by atoms with Gasteiger partial charge in [0.1, 0.15) is 0 Å². The highest BCUT2D eigenvalue weighted by Gasteiger charge is 2.12. The van der Waals surface area contributed by atoms with Crippen molar-refractivity contribution in [3.05, 3.63) is 0 Å². The molecule has 0 radical (unpaired) electrons. The highest BCUT2D eigenvalue weighted by molar-refractivity contribution is 7.89. The third kappa shape index (κ3) is 7.27. The Morgan fingerprint density at radius 2 is 1.94 bits per heavy atom. The predicted octanol–water partition coefficient (Wildman–Crippen LogP) is -0.762. The first-order valence-electron chi connectivity index (χ1n) is 6.62. The van der Waals surface area contributed by atoms with Crippen molar-refractivity contribution in [3.8, 4) is 0 Å². The summed E-state index contributed by atoms with van der Waals surface area (Å²) in [5, 5.41) is 3.11. The first-order chi connectivity index (χ1) is 8.64. The standard InChI is InChI=1S/C11H25N3O3S/c1-2-12-4-3-11-18(15,16)13-5-6-14-7-9-17-10-8-14/h12-13H,2-11H2,1H3. The summed E-state index contributed by atoms with van der Waals surface area (Å²) in [6, 6.07) is 0. The van der Waals surface area contributed by atoms with Gasteiger partial charge in [-0.05, 0) is 19.5 Å². The average molecular weight is 279 g/mol. The number of nitrogens with one attached hydrogen (secondary N) is 2. The fraction of sp³-hybridized carbons (Fsp3) is 1.00. The molecule has 108 valence electrons. The fourth-order valence-electron chi connectivity index (χ4n) is 1.82. The molecule has 6 nitrogen and oxygen atoms in total. The Hall–Kier alpha value is -0.210. The van der Waals surface area contributed by atoms with Crippen LogP contribution in [0.3, 0.4) is 0 Å². The van der Waals surface area contributed by atoms with Gasteiger partial charge in [-0.2, -0.15) is 0 Å². The minimum absolute atomic E-state index is 0.198. The van der Waals surface area contributed by atoms with Crippen LogP contribution in [0.15, 0.2) is 0 Å². The lowest BCUT2D eigenvalue weighted by Gasteiger charge is -2.26. The van der Waals surface area contributed by atoms with E-state index in [9.17, 15) is 8.42 Å². The van der Waals surface area contributed by atoms with E-state index in [1.54, 1.807) is 0 Å². The summed E-state index contributed by atoms with van der Waals surface area (Å²) in [6.07, 6.45) is 0.653. The molecule has 1 saturated heterocycles. The first-order valence-corrected chi connectivity index (χ1v) is 8.27. The Bertz CT molecular complexity index is 303. The Morgan fingerprint density at radius 1 is 1.22 bits per heavy atom. The number of morpholine rings is 1. The van der Waals surface area contributed by atoms with Crippen molar-refractivity contribution in [1.29, 1.82) is 0 Å². The van der Waals surface area contributed by atoms with Gasteiger partial charge < -0.3 is 10.1 Å². The van der Waals surface area contributed by atoms with E-state index in [2.05, 4.69) is 14.9 Å². The van der Waals surface area contributed by atoms with Gasteiger partial charge in [0.2, 0.25) is 10.0 Å². The minimum atomic E-state index is -3.11. The van der Waals surface area contributed by atoms with E-state index >= 15 is 0 Å². The maximum atomic E-state index is 11.7. The summed E-state index contributed by atoms with van der Waals surface area (Å²) < 4.78 is 31.2. The van der Waals surface area contributed by atoms with Gasteiger partial charge in [0, 0.05) is 26.2 Å². The third-order valence-corrected chi connectivity index (χ3v) is 4.34. The number of sulfonamides is 1. The zero-order valence-electron chi connectivity index (χ0n) is 11.2. The number of hydrogen-bond donors (Lipinski definition) is 2. The van der Waals surface area contributed by atoms with Gasteiger partial charge in [-0.3, -0.25) is 4.90 Å². The highest BCUT2D eigenvalue weighted by atomic mass is 32.2. The molecule has 0 unspecified atom stereocenters. The molecule has 0 aromatic heterocycles. The summed E-state index contributed by atoms with van der Waals surface area (Å²) in [5.74, 6) is 0.198. The van der Waals surface area contributed by atoms with E-state index in [1.165, 1.54) is 0 Å². The number of rotatable bonds is 9. The van der Waals surface area contributed by atoms with Crippen molar-refractivity contribution in [2.75, 3.05) is 58.2 Å². The van der Waals surface area contributed by atoms with Crippen LogP contribution in [0.5, 0.6) is 0 Å². The lowest BCUT2D eigenvalue weighted by atomic mass is 10.4. The lowest BCUT2D eigenvalue weighted by Crippen LogP contribution is -2.41. The molecular weight excluding hydrogens is 254 g/mol. The summed E-state index contributed by atoms with van der Waals surface area (Å²) >= 11 is 0. The molecule has 1 aliphatic rings. The van der Waals surface area contributed by atoms with Crippen molar-refractivity contribution in [1.82, 2.24) is 14.9 Å². The Morgan fingerprint density at radius 3 is 2.61 bits per heavy atom. The molecule has 1 rings (SSSR count). The maximum Gasteiger partial charge on any atom is 0.211 e. The molecule has 0 aromatic carbocycles. The predicted molar refractivity (Wildman–Crippen MR) is 72.2 cm³/mol.